The van der Waals surface area contributed by atoms with Gasteiger partial charge in [0.1, 0.15) is 5.52 Å². The summed E-state index contributed by atoms with van der Waals surface area (Å²) in [5.74, 6) is 1.10. The van der Waals surface area contributed by atoms with Gasteiger partial charge in [-0.1, -0.05) is 23.7 Å². The number of fused-ring (bicyclic) bond motifs is 1. The first kappa shape index (κ1) is 16.6. The molecule has 0 atom stereocenters. The molecule has 0 spiro atoms. The first-order valence-electron chi connectivity index (χ1n) is 8.60. The van der Waals surface area contributed by atoms with Crippen LogP contribution in [0.15, 0.2) is 67.6 Å². The van der Waals surface area contributed by atoms with E-state index >= 15 is 0 Å². The Morgan fingerprint density at radius 3 is 2.36 bits per heavy atom. The Labute approximate surface area is 165 Å². The summed E-state index contributed by atoms with van der Waals surface area (Å²) in [6.45, 7) is 0. The Kier molecular flexibility index (Phi) is 3.87. The molecule has 28 heavy (non-hydrogen) atoms. The molecular weight excluding hydrogens is 374 g/mol. The number of rotatable bonds is 3. The third-order valence-corrected chi connectivity index (χ3v) is 4.80. The lowest BCUT2D eigenvalue weighted by Crippen LogP contribution is -2.02. The molecule has 0 radical (unpaired) electrons. The summed E-state index contributed by atoms with van der Waals surface area (Å²) in [6.07, 6.45) is 12.6. The largest absolute Gasteiger partial charge is 0.331 e. The Morgan fingerprint density at radius 2 is 1.71 bits per heavy atom. The maximum atomic E-state index is 6.64. The summed E-state index contributed by atoms with van der Waals surface area (Å²) in [7, 11) is 1.89. The number of pyridine rings is 2. The predicted octanol–water partition coefficient (Wildman–Crippen LogP) is 3.91. The molecule has 0 aliphatic rings. The van der Waals surface area contributed by atoms with Gasteiger partial charge in [0.25, 0.3) is 0 Å². The Morgan fingerprint density at radius 1 is 0.964 bits per heavy atom. The van der Waals surface area contributed by atoms with Crippen LogP contribution in [0.1, 0.15) is 0 Å². The highest BCUT2D eigenvalue weighted by Crippen LogP contribution is 2.38. The van der Waals surface area contributed by atoms with Gasteiger partial charge in [-0.15, -0.1) is 5.10 Å². The van der Waals surface area contributed by atoms with Crippen LogP contribution in [0.4, 0.5) is 0 Å². The van der Waals surface area contributed by atoms with Gasteiger partial charge in [0.15, 0.2) is 11.0 Å². The lowest BCUT2D eigenvalue weighted by atomic mass is 10.0. The maximum absolute atomic E-state index is 6.64. The molecule has 136 valence electrons. The van der Waals surface area contributed by atoms with Gasteiger partial charge in [-0.25, -0.2) is 14.5 Å². The van der Waals surface area contributed by atoms with Crippen molar-refractivity contribution in [3.8, 4) is 33.9 Å². The summed E-state index contributed by atoms with van der Waals surface area (Å²) in [6, 6.07) is 7.79. The Balaban J connectivity index is 1.84. The van der Waals surface area contributed by atoms with Crippen molar-refractivity contribution in [1.82, 2.24) is 34.1 Å². The number of aromatic nitrogens is 7. The SMILES string of the molecule is Cn1ccnc1-c1nc(Cl)c2c(-c3cccnc3)c(-c3cccnc3)cn2n1. The third-order valence-electron chi connectivity index (χ3n) is 4.53. The van der Waals surface area contributed by atoms with Crippen LogP contribution in [0.3, 0.4) is 0 Å². The van der Waals surface area contributed by atoms with Crippen LogP contribution >= 0.6 is 11.6 Å². The van der Waals surface area contributed by atoms with Gasteiger partial charge < -0.3 is 4.57 Å². The van der Waals surface area contributed by atoms with Crippen LogP contribution in [0, 0.1) is 0 Å². The van der Waals surface area contributed by atoms with Crippen LogP contribution in [0.2, 0.25) is 5.15 Å². The predicted molar refractivity (Wildman–Crippen MR) is 107 cm³/mol. The molecule has 0 saturated heterocycles. The molecule has 0 bridgehead atoms. The molecule has 0 saturated carbocycles. The number of aryl methyl sites for hydroxylation is 1. The van der Waals surface area contributed by atoms with Crippen molar-refractivity contribution >= 4 is 17.1 Å². The van der Waals surface area contributed by atoms with Crippen molar-refractivity contribution in [1.29, 1.82) is 0 Å². The average molecular weight is 388 g/mol. The second-order valence-electron chi connectivity index (χ2n) is 6.28. The fourth-order valence-electron chi connectivity index (χ4n) is 3.26. The minimum Gasteiger partial charge on any atom is -0.331 e. The second-order valence-corrected chi connectivity index (χ2v) is 6.64. The molecule has 5 aromatic rings. The number of nitrogens with zero attached hydrogens (tertiary/aromatic N) is 7. The molecule has 0 unspecified atom stereocenters. The second kappa shape index (κ2) is 6.54. The van der Waals surface area contributed by atoms with E-state index in [0.717, 1.165) is 22.3 Å². The molecule has 0 amide bonds. The van der Waals surface area contributed by atoms with Crippen LogP contribution in [-0.4, -0.2) is 34.1 Å². The highest BCUT2D eigenvalue weighted by atomic mass is 35.5. The van der Waals surface area contributed by atoms with Gasteiger partial charge in [0.2, 0.25) is 5.82 Å². The van der Waals surface area contributed by atoms with E-state index in [0.29, 0.717) is 22.3 Å². The van der Waals surface area contributed by atoms with E-state index in [1.165, 1.54) is 0 Å². The zero-order chi connectivity index (χ0) is 19.1. The minimum absolute atomic E-state index is 0.349. The maximum Gasteiger partial charge on any atom is 0.217 e. The lowest BCUT2D eigenvalue weighted by molar-refractivity contribution is 0.860. The lowest BCUT2D eigenvalue weighted by Gasteiger charge is -2.06. The first-order valence-corrected chi connectivity index (χ1v) is 8.97. The number of hydrogen-bond donors (Lipinski definition) is 0. The fourth-order valence-corrected chi connectivity index (χ4v) is 3.52. The van der Waals surface area contributed by atoms with Crippen molar-refractivity contribution in [2.45, 2.75) is 0 Å². The quantitative estimate of drug-likeness (QED) is 0.469. The summed E-state index contributed by atoms with van der Waals surface area (Å²) >= 11 is 6.64. The standard InChI is InChI=1S/C20H14ClN7/c1-27-9-8-24-20(27)19-25-18(21)17-16(14-5-3-7-23-11-14)15(12-28(17)26-19)13-4-2-6-22-10-13/h2-12H,1H3. The molecule has 8 heteroatoms. The van der Waals surface area contributed by atoms with E-state index in [2.05, 4.69) is 25.0 Å². The average Bonchev–Trinajstić information content (AvgIpc) is 3.33. The molecular formula is C20H14ClN7. The summed E-state index contributed by atoms with van der Waals surface area (Å²) < 4.78 is 3.61. The van der Waals surface area contributed by atoms with E-state index in [9.17, 15) is 0 Å². The van der Waals surface area contributed by atoms with Gasteiger partial charge in [0.05, 0.1) is 0 Å². The summed E-state index contributed by atoms with van der Waals surface area (Å²) in [5, 5.41) is 5.02. The van der Waals surface area contributed by atoms with Crippen LogP contribution in [-0.2, 0) is 7.05 Å². The molecule has 0 fully saturated rings. The topological polar surface area (TPSA) is 73.8 Å². The number of imidazole rings is 1. The smallest absolute Gasteiger partial charge is 0.217 e. The number of halogens is 1. The van der Waals surface area contributed by atoms with Crippen molar-refractivity contribution < 1.29 is 0 Å². The van der Waals surface area contributed by atoms with Crippen molar-refractivity contribution in [3.05, 3.63) is 72.8 Å². The molecule has 0 N–H and O–H groups in total. The molecule has 5 heterocycles. The van der Waals surface area contributed by atoms with E-state index in [4.69, 9.17) is 11.6 Å². The molecule has 0 aliphatic carbocycles. The highest BCUT2D eigenvalue weighted by Gasteiger charge is 2.21. The molecule has 0 aliphatic heterocycles. The van der Waals surface area contributed by atoms with Gasteiger partial charge in [-0.05, 0) is 12.1 Å². The van der Waals surface area contributed by atoms with E-state index < -0.39 is 0 Å². The van der Waals surface area contributed by atoms with E-state index in [-0.39, 0.29) is 0 Å². The normalized spacial score (nSPS) is 11.2. The molecule has 5 rings (SSSR count). The molecule has 7 nitrogen and oxygen atoms in total. The minimum atomic E-state index is 0.349. The van der Waals surface area contributed by atoms with Crippen molar-refractivity contribution in [2.24, 2.45) is 7.05 Å². The van der Waals surface area contributed by atoms with E-state index in [1.54, 1.807) is 29.3 Å². The summed E-state index contributed by atoms with van der Waals surface area (Å²) in [5.41, 5.74) is 4.47. The molecule has 5 aromatic heterocycles. The Bertz CT molecular complexity index is 1280. The highest BCUT2D eigenvalue weighted by molar-refractivity contribution is 6.33. The number of hydrogen-bond acceptors (Lipinski definition) is 5. The van der Waals surface area contributed by atoms with Gasteiger partial charge >= 0.3 is 0 Å². The van der Waals surface area contributed by atoms with Crippen LogP contribution < -0.4 is 0 Å². The van der Waals surface area contributed by atoms with E-state index in [1.807, 2.05) is 54.5 Å². The van der Waals surface area contributed by atoms with Gasteiger partial charge in [-0.3, -0.25) is 9.97 Å². The zero-order valence-electron chi connectivity index (χ0n) is 14.9. The monoisotopic (exact) mass is 387 g/mol. The summed E-state index contributed by atoms with van der Waals surface area (Å²) in [4.78, 5) is 17.3. The molecule has 0 aromatic carbocycles. The van der Waals surface area contributed by atoms with Crippen molar-refractivity contribution in [2.75, 3.05) is 0 Å². The van der Waals surface area contributed by atoms with Gasteiger partial charge in [0, 0.05) is 72.7 Å². The van der Waals surface area contributed by atoms with Crippen molar-refractivity contribution in [3.63, 3.8) is 0 Å². The van der Waals surface area contributed by atoms with Crippen LogP contribution in [0.5, 0.6) is 0 Å². The van der Waals surface area contributed by atoms with Crippen LogP contribution in [0.25, 0.3) is 39.4 Å². The Hall–Kier alpha value is -3.58. The third kappa shape index (κ3) is 2.64. The first-order chi connectivity index (χ1) is 13.7. The zero-order valence-corrected chi connectivity index (χ0v) is 15.6. The fraction of sp³-hybridized carbons (Fsp3) is 0.0500. The van der Waals surface area contributed by atoms with Gasteiger partial charge in [-0.2, -0.15) is 0 Å².